The molecule has 0 saturated carbocycles. The zero-order valence-corrected chi connectivity index (χ0v) is 13.9. The maximum Gasteiger partial charge on any atom is 0.0718 e. The molecule has 0 fully saturated rings. The van der Waals surface area contributed by atoms with Crippen molar-refractivity contribution in [1.82, 2.24) is 10.4 Å². The highest BCUT2D eigenvalue weighted by Gasteiger charge is 2.14. The highest BCUT2D eigenvalue weighted by molar-refractivity contribution is 14.1. The molecule has 2 aromatic heterocycles. The van der Waals surface area contributed by atoms with Gasteiger partial charge in [-0.25, -0.2) is 5.43 Å². The number of aryl methyl sites for hydroxylation is 1. The van der Waals surface area contributed by atoms with Crippen LogP contribution in [0.1, 0.15) is 22.9 Å². The summed E-state index contributed by atoms with van der Waals surface area (Å²) in [6.45, 7) is 2.00. The van der Waals surface area contributed by atoms with E-state index in [1.54, 1.807) is 11.3 Å². The number of nitrogens with one attached hydrogen (secondary N) is 1. The molecule has 0 radical (unpaired) electrons. The number of fused-ring (bicyclic) bond motifs is 1. The van der Waals surface area contributed by atoms with Crippen LogP contribution in [0.15, 0.2) is 41.8 Å². The van der Waals surface area contributed by atoms with E-state index in [2.05, 4.69) is 68.7 Å². The molecule has 1 aromatic carbocycles. The van der Waals surface area contributed by atoms with Crippen LogP contribution in [0.5, 0.6) is 0 Å². The van der Waals surface area contributed by atoms with Crippen molar-refractivity contribution in [1.29, 1.82) is 0 Å². The van der Waals surface area contributed by atoms with Crippen molar-refractivity contribution in [3.8, 4) is 0 Å². The number of nitrogens with two attached hydrogens (primary N) is 1. The lowest BCUT2D eigenvalue weighted by Gasteiger charge is -2.15. The van der Waals surface area contributed by atoms with Crippen LogP contribution in [0.2, 0.25) is 0 Å². The van der Waals surface area contributed by atoms with Crippen LogP contribution in [0.25, 0.3) is 10.9 Å². The number of thiophene rings is 1. The van der Waals surface area contributed by atoms with E-state index >= 15 is 0 Å². The van der Waals surface area contributed by atoms with Crippen LogP contribution in [0, 0.1) is 9.81 Å². The normalized spacial score (nSPS) is 12.8. The monoisotopic (exact) mass is 395 g/mol. The second-order valence-corrected chi connectivity index (χ2v) is 7.49. The van der Waals surface area contributed by atoms with E-state index < -0.39 is 0 Å². The summed E-state index contributed by atoms with van der Waals surface area (Å²) >= 11 is 4.05. The Morgan fingerprint density at radius 1 is 1.20 bits per heavy atom. The minimum atomic E-state index is 0.0143. The van der Waals surface area contributed by atoms with Crippen molar-refractivity contribution in [2.24, 2.45) is 5.84 Å². The fraction of sp³-hybridized carbons (Fsp3) is 0.133. The van der Waals surface area contributed by atoms with Crippen LogP contribution >= 0.6 is 33.9 Å². The lowest BCUT2D eigenvalue weighted by molar-refractivity contribution is 0.639. The maximum absolute atomic E-state index is 5.75. The summed E-state index contributed by atoms with van der Waals surface area (Å²) in [6, 6.07) is 12.6. The molecule has 3 aromatic rings. The summed E-state index contributed by atoms with van der Waals surface area (Å²) in [6.07, 6.45) is 0. The number of nitrogens with zero attached hydrogens (tertiary/aromatic N) is 1. The zero-order chi connectivity index (χ0) is 14.1. The molecule has 0 spiro atoms. The third-order valence-corrected chi connectivity index (χ3v) is 5.08. The van der Waals surface area contributed by atoms with Crippen molar-refractivity contribution in [3.05, 3.63) is 61.5 Å². The van der Waals surface area contributed by atoms with Crippen molar-refractivity contribution < 1.29 is 0 Å². The van der Waals surface area contributed by atoms with Gasteiger partial charge in [0.1, 0.15) is 0 Å². The number of rotatable bonds is 3. The van der Waals surface area contributed by atoms with Gasteiger partial charge in [0.15, 0.2) is 0 Å². The number of aromatic nitrogens is 1. The summed E-state index contributed by atoms with van der Waals surface area (Å²) in [4.78, 5) is 4.53. The number of benzene rings is 1. The molecule has 0 saturated heterocycles. The average Bonchev–Trinajstić information content (AvgIpc) is 2.86. The van der Waals surface area contributed by atoms with E-state index in [4.69, 9.17) is 5.84 Å². The predicted molar refractivity (Wildman–Crippen MR) is 92.7 cm³/mol. The van der Waals surface area contributed by atoms with Crippen LogP contribution < -0.4 is 11.3 Å². The summed E-state index contributed by atoms with van der Waals surface area (Å²) in [5, 5.41) is 3.28. The number of hydrogen-bond donors (Lipinski definition) is 2. The van der Waals surface area contributed by atoms with Gasteiger partial charge < -0.3 is 0 Å². The Bertz CT molecular complexity index is 754. The van der Waals surface area contributed by atoms with Gasteiger partial charge in [-0.05, 0) is 70.3 Å². The van der Waals surface area contributed by atoms with Gasteiger partial charge in [-0.1, -0.05) is 12.1 Å². The van der Waals surface area contributed by atoms with Gasteiger partial charge in [0.05, 0.1) is 14.4 Å². The molecule has 0 aliphatic rings. The van der Waals surface area contributed by atoms with Gasteiger partial charge >= 0.3 is 0 Å². The Labute approximate surface area is 135 Å². The van der Waals surface area contributed by atoms with Gasteiger partial charge in [-0.2, -0.15) is 0 Å². The van der Waals surface area contributed by atoms with Gasteiger partial charge in [0.25, 0.3) is 0 Å². The molecule has 0 aliphatic carbocycles. The summed E-state index contributed by atoms with van der Waals surface area (Å²) < 4.78 is 1.26. The molecule has 3 rings (SSSR count). The third-order valence-electron chi connectivity index (χ3n) is 3.27. The van der Waals surface area contributed by atoms with E-state index in [1.165, 1.54) is 8.45 Å². The Hall–Kier alpha value is -1.02. The molecule has 0 bridgehead atoms. The van der Waals surface area contributed by atoms with Gasteiger partial charge in [-0.3, -0.25) is 10.8 Å². The van der Waals surface area contributed by atoms with Crippen LogP contribution in [0.3, 0.4) is 0 Å². The van der Waals surface area contributed by atoms with Crippen LogP contribution in [-0.4, -0.2) is 4.98 Å². The Morgan fingerprint density at radius 3 is 2.75 bits per heavy atom. The predicted octanol–water partition coefficient (Wildman–Crippen LogP) is 3.76. The average molecular weight is 395 g/mol. The molecular formula is C15H14IN3S. The molecule has 1 unspecified atom stereocenters. The molecule has 20 heavy (non-hydrogen) atoms. The lowest BCUT2D eigenvalue weighted by atomic mass is 10.00. The molecule has 3 nitrogen and oxygen atoms in total. The highest BCUT2D eigenvalue weighted by atomic mass is 127. The first-order valence-corrected chi connectivity index (χ1v) is 8.20. The second-order valence-electron chi connectivity index (χ2n) is 4.69. The zero-order valence-electron chi connectivity index (χ0n) is 10.9. The molecule has 1 atom stereocenters. The minimum absolute atomic E-state index is 0.0143. The van der Waals surface area contributed by atoms with E-state index in [0.29, 0.717) is 0 Å². The first-order valence-electron chi connectivity index (χ1n) is 6.25. The number of halogens is 1. The number of pyridine rings is 1. The van der Waals surface area contributed by atoms with Crippen molar-refractivity contribution in [2.75, 3.05) is 0 Å². The molecular weight excluding hydrogens is 381 g/mol. The molecule has 102 valence electrons. The first-order chi connectivity index (χ1) is 9.67. The Kier molecular flexibility index (Phi) is 4.02. The third kappa shape index (κ3) is 2.71. The first kappa shape index (κ1) is 13.9. The fourth-order valence-electron chi connectivity index (χ4n) is 2.29. The maximum atomic E-state index is 5.75. The molecule has 3 N–H and O–H groups in total. The smallest absolute Gasteiger partial charge is 0.0718 e. The topological polar surface area (TPSA) is 50.9 Å². The van der Waals surface area contributed by atoms with Crippen LogP contribution in [0.4, 0.5) is 0 Å². The van der Waals surface area contributed by atoms with Crippen LogP contribution in [-0.2, 0) is 0 Å². The number of hydrazine groups is 1. The second kappa shape index (κ2) is 5.77. The van der Waals surface area contributed by atoms with Crippen molar-refractivity contribution >= 4 is 44.8 Å². The molecule has 2 heterocycles. The van der Waals surface area contributed by atoms with E-state index in [1.807, 2.05) is 13.0 Å². The molecule has 0 aliphatic heterocycles. The molecule has 0 amide bonds. The quantitative estimate of drug-likeness (QED) is 0.403. The SMILES string of the molecule is Cc1ccc2cc(C(NN)c3csc(I)c3)ccc2n1. The summed E-state index contributed by atoms with van der Waals surface area (Å²) in [7, 11) is 0. The highest BCUT2D eigenvalue weighted by Crippen LogP contribution is 2.28. The van der Waals surface area contributed by atoms with Gasteiger partial charge in [-0.15, -0.1) is 11.3 Å². The van der Waals surface area contributed by atoms with Gasteiger partial charge in [0, 0.05) is 11.1 Å². The summed E-state index contributed by atoms with van der Waals surface area (Å²) in [5.41, 5.74) is 7.31. The van der Waals surface area contributed by atoms with E-state index in [-0.39, 0.29) is 6.04 Å². The largest absolute Gasteiger partial charge is 0.271 e. The van der Waals surface area contributed by atoms with Crippen molar-refractivity contribution in [2.45, 2.75) is 13.0 Å². The number of hydrogen-bond acceptors (Lipinski definition) is 4. The van der Waals surface area contributed by atoms with E-state index in [0.717, 1.165) is 22.2 Å². The molecule has 5 heteroatoms. The Morgan fingerprint density at radius 2 is 2.05 bits per heavy atom. The standard InChI is InChI=1S/C15H14IN3S/c1-9-2-3-10-6-11(4-5-13(10)18-9)15(19-17)12-7-14(16)20-8-12/h2-8,15,19H,17H2,1H3. The minimum Gasteiger partial charge on any atom is -0.271 e. The fourth-order valence-corrected chi connectivity index (χ4v) is 3.68. The summed E-state index contributed by atoms with van der Waals surface area (Å²) in [5.74, 6) is 5.75. The Balaban J connectivity index is 2.05. The van der Waals surface area contributed by atoms with Crippen molar-refractivity contribution in [3.63, 3.8) is 0 Å². The van der Waals surface area contributed by atoms with Gasteiger partial charge in [0.2, 0.25) is 0 Å². The lowest BCUT2D eigenvalue weighted by Crippen LogP contribution is -2.28. The van der Waals surface area contributed by atoms with E-state index in [9.17, 15) is 0 Å².